The van der Waals surface area contributed by atoms with Crippen molar-refractivity contribution in [3.63, 3.8) is 0 Å². The standard InChI is InChI=1S/C23H23NO6/c1-14-17-7-5-6-8-18(17)24-19(22(14)23(26)29-4)13-30-21(25)11-15-9-10-16(27-2)12-20(15)28-3/h5-10,12H,11,13H2,1-4H3. The zero-order chi connectivity index (χ0) is 21.7. The zero-order valence-electron chi connectivity index (χ0n) is 17.4. The van der Waals surface area contributed by atoms with Gasteiger partial charge >= 0.3 is 11.9 Å². The average molecular weight is 409 g/mol. The van der Waals surface area contributed by atoms with E-state index in [1.807, 2.05) is 31.2 Å². The molecule has 0 saturated carbocycles. The monoisotopic (exact) mass is 409 g/mol. The van der Waals surface area contributed by atoms with Gasteiger partial charge in [0.15, 0.2) is 0 Å². The number of fused-ring (bicyclic) bond motifs is 1. The van der Waals surface area contributed by atoms with E-state index in [1.165, 1.54) is 14.2 Å². The van der Waals surface area contributed by atoms with Crippen LogP contribution in [0.4, 0.5) is 0 Å². The zero-order valence-corrected chi connectivity index (χ0v) is 17.4. The highest BCUT2D eigenvalue weighted by atomic mass is 16.5. The number of esters is 2. The summed E-state index contributed by atoms with van der Waals surface area (Å²) >= 11 is 0. The van der Waals surface area contributed by atoms with Crippen LogP contribution < -0.4 is 9.47 Å². The fraction of sp³-hybridized carbons (Fsp3) is 0.261. The van der Waals surface area contributed by atoms with Crippen LogP contribution in [0.5, 0.6) is 11.5 Å². The molecule has 0 aliphatic heterocycles. The number of aromatic nitrogens is 1. The summed E-state index contributed by atoms with van der Waals surface area (Å²) in [4.78, 5) is 29.3. The lowest BCUT2D eigenvalue weighted by Gasteiger charge is -2.14. The Bertz CT molecular complexity index is 1090. The summed E-state index contributed by atoms with van der Waals surface area (Å²) in [5.41, 5.74) is 2.78. The van der Waals surface area contributed by atoms with E-state index in [9.17, 15) is 9.59 Å². The van der Waals surface area contributed by atoms with Gasteiger partial charge in [0, 0.05) is 17.0 Å². The van der Waals surface area contributed by atoms with Crippen LogP contribution in [0.2, 0.25) is 0 Å². The van der Waals surface area contributed by atoms with Gasteiger partial charge < -0.3 is 18.9 Å². The summed E-state index contributed by atoms with van der Waals surface area (Å²) < 4.78 is 20.8. The lowest BCUT2D eigenvalue weighted by molar-refractivity contribution is -0.144. The van der Waals surface area contributed by atoms with Gasteiger partial charge in [0.05, 0.1) is 44.5 Å². The van der Waals surface area contributed by atoms with Crippen LogP contribution in [0, 0.1) is 6.92 Å². The predicted molar refractivity (Wildman–Crippen MR) is 111 cm³/mol. The molecule has 0 fully saturated rings. The van der Waals surface area contributed by atoms with E-state index in [-0.39, 0.29) is 13.0 Å². The Hall–Kier alpha value is -3.61. The highest BCUT2D eigenvalue weighted by molar-refractivity contribution is 5.98. The fourth-order valence-electron chi connectivity index (χ4n) is 3.27. The first-order valence-corrected chi connectivity index (χ1v) is 9.31. The quantitative estimate of drug-likeness (QED) is 0.551. The van der Waals surface area contributed by atoms with E-state index in [4.69, 9.17) is 18.9 Å². The number of aryl methyl sites for hydroxylation is 1. The summed E-state index contributed by atoms with van der Waals surface area (Å²) in [7, 11) is 4.39. The maximum atomic E-state index is 12.5. The van der Waals surface area contributed by atoms with Gasteiger partial charge in [0.25, 0.3) is 0 Å². The van der Waals surface area contributed by atoms with Crippen molar-refractivity contribution in [2.24, 2.45) is 0 Å². The molecule has 30 heavy (non-hydrogen) atoms. The normalized spacial score (nSPS) is 10.5. The van der Waals surface area contributed by atoms with E-state index < -0.39 is 11.9 Å². The topological polar surface area (TPSA) is 84.0 Å². The van der Waals surface area contributed by atoms with Crippen molar-refractivity contribution in [3.05, 3.63) is 64.8 Å². The number of ether oxygens (including phenoxy) is 4. The molecule has 7 heteroatoms. The number of pyridine rings is 1. The van der Waals surface area contributed by atoms with Gasteiger partial charge in [-0.3, -0.25) is 4.79 Å². The fourth-order valence-corrected chi connectivity index (χ4v) is 3.27. The molecule has 3 rings (SSSR count). The van der Waals surface area contributed by atoms with Crippen molar-refractivity contribution >= 4 is 22.8 Å². The summed E-state index contributed by atoms with van der Waals surface area (Å²) in [6, 6.07) is 12.7. The Morgan fingerprint density at radius 3 is 2.47 bits per heavy atom. The molecule has 0 unspecified atom stereocenters. The third-order valence-corrected chi connectivity index (χ3v) is 4.82. The van der Waals surface area contributed by atoms with E-state index >= 15 is 0 Å². The number of carbonyl (C=O) groups is 2. The molecule has 3 aromatic rings. The van der Waals surface area contributed by atoms with Crippen LogP contribution in [0.25, 0.3) is 10.9 Å². The second-order valence-corrected chi connectivity index (χ2v) is 6.58. The molecular formula is C23H23NO6. The molecule has 0 saturated heterocycles. The van der Waals surface area contributed by atoms with Crippen LogP contribution in [0.3, 0.4) is 0 Å². The Morgan fingerprint density at radius 1 is 1.00 bits per heavy atom. The molecule has 0 radical (unpaired) electrons. The Morgan fingerprint density at radius 2 is 1.77 bits per heavy atom. The lowest BCUT2D eigenvalue weighted by atomic mass is 10.0. The highest BCUT2D eigenvalue weighted by Crippen LogP contribution is 2.26. The Balaban J connectivity index is 1.83. The molecule has 2 aromatic carbocycles. The van der Waals surface area contributed by atoms with Crippen LogP contribution >= 0.6 is 0 Å². The van der Waals surface area contributed by atoms with Crippen LogP contribution in [-0.4, -0.2) is 38.3 Å². The van der Waals surface area contributed by atoms with Gasteiger partial charge in [-0.2, -0.15) is 0 Å². The first kappa shape index (κ1) is 21.1. The minimum atomic E-state index is -0.520. The SMILES string of the molecule is COC(=O)c1c(COC(=O)Cc2ccc(OC)cc2OC)nc2ccccc2c1C. The van der Waals surface area contributed by atoms with Gasteiger partial charge in [0.1, 0.15) is 18.1 Å². The van der Waals surface area contributed by atoms with Gasteiger partial charge in [-0.1, -0.05) is 24.3 Å². The van der Waals surface area contributed by atoms with E-state index in [1.54, 1.807) is 25.3 Å². The average Bonchev–Trinajstić information content (AvgIpc) is 2.77. The van der Waals surface area contributed by atoms with Crippen molar-refractivity contribution in [3.8, 4) is 11.5 Å². The molecule has 7 nitrogen and oxygen atoms in total. The van der Waals surface area contributed by atoms with Crippen LogP contribution in [0.1, 0.15) is 27.2 Å². The number of carbonyl (C=O) groups excluding carboxylic acids is 2. The molecular weight excluding hydrogens is 386 g/mol. The summed E-state index contributed by atoms with van der Waals surface area (Å²) in [5.74, 6) is 0.166. The molecule has 0 N–H and O–H groups in total. The Kier molecular flexibility index (Phi) is 6.51. The third kappa shape index (κ3) is 4.35. The third-order valence-electron chi connectivity index (χ3n) is 4.82. The minimum absolute atomic E-state index is 0.00723. The largest absolute Gasteiger partial charge is 0.497 e. The molecule has 0 amide bonds. The number of rotatable bonds is 7. The van der Waals surface area contributed by atoms with Crippen molar-refractivity contribution in [1.82, 2.24) is 4.98 Å². The number of hydrogen-bond acceptors (Lipinski definition) is 7. The molecule has 1 aromatic heterocycles. The smallest absolute Gasteiger partial charge is 0.340 e. The summed E-state index contributed by atoms with van der Waals surface area (Å²) in [6.45, 7) is 1.68. The number of para-hydroxylation sites is 1. The van der Waals surface area contributed by atoms with Gasteiger partial charge in [0.2, 0.25) is 0 Å². The molecule has 156 valence electrons. The first-order valence-electron chi connectivity index (χ1n) is 9.31. The molecule has 0 bridgehead atoms. The van der Waals surface area contributed by atoms with Gasteiger partial charge in [-0.05, 0) is 24.6 Å². The number of nitrogens with zero attached hydrogens (tertiary/aromatic N) is 1. The van der Waals surface area contributed by atoms with Crippen molar-refractivity contribution in [2.75, 3.05) is 21.3 Å². The molecule has 0 atom stereocenters. The van der Waals surface area contributed by atoms with Crippen molar-refractivity contribution in [1.29, 1.82) is 0 Å². The second-order valence-electron chi connectivity index (χ2n) is 6.58. The first-order chi connectivity index (χ1) is 14.5. The maximum absolute atomic E-state index is 12.5. The summed E-state index contributed by atoms with van der Waals surface area (Å²) in [6.07, 6.45) is 0.00723. The van der Waals surface area contributed by atoms with Crippen LogP contribution in [-0.2, 0) is 27.3 Å². The summed E-state index contributed by atoms with van der Waals surface area (Å²) in [5, 5.41) is 0.843. The molecule has 0 aliphatic carbocycles. The minimum Gasteiger partial charge on any atom is -0.497 e. The highest BCUT2D eigenvalue weighted by Gasteiger charge is 2.21. The Labute approximate surface area is 174 Å². The second kappa shape index (κ2) is 9.26. The number of benzene rings is 2. The number of methoxy groups -OCH3 is 3. The molecule has 0 spiro atoms. The van der Waals surface area contributed by atoms with Crippen molar-refractivity contribution in [2.45, 2.75) is 20.0 Å². The van der Waals surface area contributed by atoms with Crippen LogP contribution in [0.15, 0.2) is 42.5 Å². The van der Waals surface area contributed by atoms with E-state index in [2.05, 4.69) is 4.98 Å². The maximum Gasteiger partial charge on any atom is 0.340 e. The van der Waals surface area contributed by atoms with Gasteiger partial charge in [-0.15, -0.1) is 0 Å². The molecule has 0 aliphatic rings. The molecule has 1 heterocycles. The number of hydrogen-bond donors (Lipinski definition) is 0. The van der Waals surface area contributed by atoms with E-state index in [0.29, 0.717) is 33.8 Å². The lowest BCUT2D eigenvalue weighted by Crippen LogP contribution is -2.15. The predicted octanol–water partition coefficient (Wildman–Crippen LogP) is 3.63. The van der Waals surface area contributed by atoms with Crippen molar-refractivity contribution < 1.29 is 28.5 Å². The van der Waals surface area contributed by atoms with Gasteiger partial charge in [-0.25, -0.2) is 9.78 Å². The van der Waals surface area contributed by atoms with E-state index in [0.717, 1.165) is 10.9 Å².